The Kier molecular flexibility index (Phi) is 3.80. The van der Waals surface area contributed by atoms with E-state index in [1.807, 2.05) is 0 Å². The van der Waals surface area contributed by atoms with Crippen molar-refractivity contribution in [3.05, 3.63) is 29.5 Å². The van der Waals surface area contributed by atoms with Gasteiger partial charge in [0.1, 0.15) is 11.3 Å². The van der Waals surface area contributed by atoms with Gasteiger partial charge in [-0.25, -0.2) is 4.79 Å². The van der Waals surface area contributed by atoms with Crippen molar-refractivity contribution in [2.75, 3.05) is 6.54 Å². The fraction of sp³-hybridized carbons (Fsp3) is 0.308. The van der Waals surface area contributed by atoms with Crippen molar-refractivity contribution in [3.63, 3.8) is 0 Å². The molecule has 1 aliphatic heterocycles. The molecular formula is C13H16BN4O5-. The van der Waals surface area contributed by atoms with Crippen LogP contribution in [0, 0.1) is 0 Å². The molecule has 0 aliphatic carbocycles. The van der Waals surface area contributed by atoms with E-state index >= 15 is 0 Å². The topological polar surface area (TPSA) is 144 Å². The molecule has 1 aromatic carbocycles. The van der Waals surface area contributed by atoms with E-state index in [4.69, 9.17) is 10.4 Å². The Labute approximate surface area is 131 Å². The minimum atomic E-state index is -3.05. The highest BCUT2D eigenvalue weighted by Gasteiger charge is 2.32. The lowest BCUT2D eigenvalue weighted by Crippen LogP contribution is -2.45. The molecule has 0 amide bonds. The quantitative estimate of drug-likeness (QED) is 0.550. The Balaban J connectivity index is 2.12. The summed E-state index contributed by atoms with van der Waals surface area (Å²) in [5.74, 6) is -1.27. The smallest absolute Gasteiger partial charge is 0.430 e. The minimum Gasteiger partial charge on any atom is -0.669 e. The van der Waals surface area contributed by atoms with Gasteiger partial charge in [-0.3, -0.25) is 4.68 Å². The molecule has 0 fully saturated rings. The lowest BCUT2D eigenvalue weighted by molar-refractivity contribution is 0.0694. The average molecular weight is 319 g/mol. The molecule has 1 aromatic heterocycles. The SMILES string of the molecule is NCCn1cc(-c2ccc3c(c2C(=O)O)O[B-](O)(O)CC3)nn1. The summed E-state index contributed by atoms with van der Waals surface area (Å²) in [7, 11) is 0. The Hall–Kier alpha value is -2.43. The maximum atomic E-state index is 11.7. The maximum Gasteiger partial charge on any atom is 0.430 e. The van der Waals surface area contributed by atoms with Crippen LogP contribution in [0.25, 0.3) is 11.3 Å². The molecule has 0 spiro atoms. The molecule has 2 heterocycles. The highest BCUT2D eigenvalue weighted by Crippen LogP contribution is 2.38. The van der Waals surface area contributed by atoms with Crippen LogP contribution >= 0.6 is 0 Å². The molecule has 0 bridgehead atoms. The van der Waals surface area contributed by atoms with E-state index in [0.717, 1.165) is 0 Å². The fourth-order valence-corrected chi connectivity index (χ4v) is 2.64. The molecule has 0 unspecified atom stereocenters. The van der Waals surface area contributed by atoms with Crippen molar-refractivity contribution in [2.24, 2.45) is 5.73 Å². The third-order valence-electron chi connectivity index (χ3n) is 3.72. The van der Waals surface area contributed by atoms with Crippen LogP contribution in [0.4, 0.5) is 0 Å². The van der Waals surface area contributed by atoms with Crippen LogP contribution in [0.2, 0.25) is 6.32 Å². The molecule has 0 saturated heterocycles. The number of carboxylic acids is 1. The number of fused-ring (bicyclic) bond motifs is 1. The second kappa shape index (κ2) is 5.65. The average Bonchev–Trinajstić information content (AvgIpc) is 2.93. The molecule has 2 aromatic rings. The van der Waals surface area contributed by atoms with Gasteiger partial charge in [0, 0.05) is 12.1 Å². The number of carbonyl (C=O) groups is 1. The summed E-state index contributed by atoms with van der Waals surface area (Å²) >= 11 is 0. The highest BCUT2D eigenvalue weighted by atomic mass is 16.6. The number of nitrogens with two attached hydrogens (primary N) is 1. The van der Waals surface area contributed by atoms with Gasteiger partial charge in [0.2, 0.25) is 0 Å². The second-order valence-corrected chi connectivity index (χ2v) is 5.45. The Morgan fingerprint density at radius 1 is 1.43 bits per heavy atom. The number of hydrogen-bond donors (Lipinski definition) is 4. The zero-order chi connectivity index (χ0) is 16.6. The van der Waals surface area contributed by atoms with Crippen molar-refractivity contribution < 1.29 is 24.6 Å². The molecule has 9 nitrogen and oxygen atoms in total. The Morgan fingerprint density at radius 3 is 2.91 bits per heavy atom. The van der Waals surface area contributed by atoms with Crippen LogP contribution in [0.3, 0.4) is 0 Å². The fourth-order valence-electron chi connectivity index (χ4n) is 2.64. The monoisotopic (exact) mass is 319 g/mol. The summed E-state index contributed by atoms with van der Waals surface area (Å²) in [5.41, 5.74) is 6.56. The summed E-state index contributed by atoms with van der Waals surface area (Å²) in [6.45, 7) is -2.22. The third-order valence-corrected chi connectivity index (χ3v) is 3.72. The maximum absolute atomic E-state index is 11.7. The largest absolute Gasteiger partial charge is 0.669 e. The number of aromatic nitrogens is 3. The summed E-state index contributed by atoms with van der Waals surface area (Å²) in [4.78, 5) is 11.7. The normalized spacial score (nSPS) is 15.8. The summed E-state index contributed by atoms with van der Waals surface area (Å²) in [6.07, 6.45) is 1.93. The molecule has 10 heteroatoms. The van der Waals surface area contributed by atoms with Crippen LogP contribution in [0.5, 0.6) is 5.75 Å². The number of benzene rings is 1. The van der Waals surface area contributed by atoms with Crippen molar-refractivity contribution in [2.45, 2.75) is 19.3 Å². The first-order valence-corrected chi connectivity index (χ1v) is 7.20. The van der Waals surface area contributed by atoms with E-state index in [9.17, 15) is 19.9 Å². The van der Waals surface area contributed by atoms with Gasteiger partial charge >= 0.3 is 12.7 Å². The lowest BCUT2D eigenvalue weighted by Gasteiger charge is -2.37. The number of hydrogen-bond acceptors (Lipinski definition) is 7. The van der Waals surface area contributed by atoms with Gasteiger partial charge in [0.05, 0.1) is 18.5 Å². The van der Waals surface area contributed by atoms with Crippen LogP contribution < -0.4 is 10.4 Å². The van der Waals surface area contributed by atoms with Gasteiger partial charge in [0.15, 0.2) is 0 Å². The molecule has 1 aliphatic rings. The predicted octanol–water partition coefficient (Wildman–Crippen LogP) is -0.540. The summed E-state index contributed by atoms with van der Waals surface area (Å²) in [6, 6.07) is 3.32. The first-order chi connectivity index (χ1) is 10.9. The zero-order valence-corrected chi connectivity index (χ0v) is 12.2. The lowest BCUT2D eigenvalue weighted by atomic mass is 9.70. The van der Waals surface area contributed by atoms with Crippen LogP contribution in [0.1, 0.15) is 15.9 Å². The Bertz CT molecular complexity index is 761. The number of carboxylic acid groups (broad SMARTS) is 1. The van der Waals surface area contributed by atoms with E-state index in [2.05, 4.69) is 10.3 Å². The van der Waals surface area contributed by atoms with E-state index in [0.29, 0.717) is 36.3 Å². The standard InChI is InChI=1S/C13H16BN4O5/c15-5-6-18-7-10(16-17-18)9-2-1-8-3-4-14(21,22)23-12(8)11(9)13(19)20/h1-2,7,21-22H,3-6,15H2,(H,19,20)/q-1. The number of aryl methyl sites for hydroxylation is 1. The molecule has 0 saturated carbocycles. The third kappa shape index (κ3) is 2.91. The molecule has 23 heavy (non-hydrogen) atoms. The molecule has 0 atom stereocenters. The molecule has 122 valence electrons. The highest BCUT2D eigenvalue weighted by molar-refractivity contribution is 6.59. The van der Waals surface area contributed by atoms with Gasteiger partial charge in [-0.05, 0) is 12.0 Å². The van der Waals surface area contributed by atoms with Gasteiger partial charge < -0.3 is 25.5 Å². The molecule has 0 radical (unpaired) electrons. The van der Waals surface area contributed by atoms with Gasteiger partial charge in [-0.15, -0.1) is 5.10 Å². The van der Waals surface area contributed by atoms with Crippen molar-refractivity contribution in [1.29, 1.82) is 0 Å². The molecule has 5 N–H and O–H groups in total. The van der Waals surface area contributed by atoms with Gasteiger partial charge in [-0.1, -0.05) is 23.7 Å². The number of aromatic carboxylic acids is 1. The van der Waals surface area contributed by atoms with Gasteiger partial charge in [0.25, 0.3) is 0 Å². The number of nitrogens with zero attached hydrogens (tertiary/aromatic N) is 3. The van der Waals surface area contributed by atoms with E-state index in [-0.39, 0.29) is 17.6 Å². The van der Waals surface area contributed by atoms with Crippen molar-refractivity contribution in [1.82, 2.24) is 15.0 Å². The van der Waals surface area contributed by atoms with E-state index < -0.39 is 12.7 Å². The molecular weight excluding hydrogens is 303 g/mol. The van der Waals surface area contributed by atoms with Crippen LogP contribution in [-0.4, -0.2) is 49.4 Å². The molecule has 3 rings (SSSR count). The first-order valence-electron chi connectivity index (χ1n) is 7.20. The van der Waals surface area contributed by atoms with E-state index in [1.54, 1.807) is 18.3 Å². The predicted molar refractivity (Wildman–Crippen MR) is 80.8 cm³/mol. The van der Waals surface area contributed by atoms with Crippen molar-refractivity contribution in [3.8, 4) is 17.0 Å². The summed E-state index contributed by atoms with van der Waals surface area (Å²) < 4.78 is 6.65. The first kappa shape index (κ1) is 15.5. The van der Waals surface area contributed by atoms with Gasteiger partial charge in [-0.2, -0.15) is 0 Å². The minimum absolute atomic E-state index is 0.0259. The second-order valence-electron chi connectivity index (χ2n) is 5.45. The van der Waals surface area contributed by atoms with Crippen LogP contribution in [0.15, 0.2) is 18.3 Å². The summed E-state index contributed by atoms with van der Waals surface area (Å²) in [5, 5.41) is 36.8. The Morgan fingerprint density at radius 2 is 2.22 bits per heavy atom. The number of rotatable bonds is 4. The van der Waals surface area contributed by atoms with Crippen molar-refractivity contribution >= 4 is 12.7 Å². The zero-order valence-electron chi connectivity index (χ0n) is 12.2. The van der Waals surface area contributed by atoms with Crippen LogP contribution in [-0.2, 0) is 13.0 Å². The van der Waals surface area contributed by atoms with E-state index in [1.165, 1.54) is 4.68 Å².